The van der Waals surface area contributed by atoms with E-state index in [4.69, 9.17) is 0 Å². The maximum absolute atomic E-state index is 13.7. The number of aromatic amines is 1. The zero-order valence-corrected chi connectivity index (χ0v) is 16.0. The Labute approximate surface area is 166 Å². The molecule has 1 saturated heterocycles. The Hall–Kier alpha value is -3.22. The van der Waals surface area contributed by atoms with E-state index >= 15 is 0 Å². The van der Waals surface area contributed by atoms with Gasteiger partial charge < -0.3 is 15.2 Å². The lowest BCUT2D eigenvalue weighted by Crippen LogP contribution is -2.30. The van der Waals surface area contributed by atoms with E-state index in [-0.39, 0.29) is 24.6 Å². The number of aryl methyl sites for hydroxylation is 1. The lowest BCUT2D eigenvalue weighted by Gasteiger charge is -2.16. The fourth-order valence-electron chi connectivity index (χ4n) is 3.74. The third kappa shape index (κ3) is 3.99. The van der Waals surface area contributed by atoms with Crippen LogP contribution in [0.1, 0.15) is 17.5 Å². The SMILES string of the molecule is Cc1ccc2[nH]cc(CCN3C[C@H](C(=O)Nc4ccc(F)cc4F)CC3=O)c2c1. The van der Waals surface area contributed by atoms with Gasteiger partial charge in [0.05, 0.1) is 11.6 Å². The number of benzene rings is 2. The Kier molecular flexibility index (Phi) is 5.05. The van der Waals surface area contributed by atoms with Crippen LogP contribution in [0, 0.1) is 24.5 Å². The number of amides is 2. The van der Waals surface area contributed by atoms with Gasteiger partial charge in [-0.05, 0) is 43.2 Å². The van der Waals surface area contributed by atoms with E-state index in [0.29, 0.717) is 19.0 Å². The summed E-state index contributed by atoms with van der Waals surface area (Å²) < 4.78 is 26.8. The normalized spacial score (nSPS) is 16.6. The Morgan fingerprint density at radius 2 is 2.07 bits per heavy atom. The summed E-state index contributed by atoms with van der Waals surface area (Å²) in [7, 11) is 0. The van der Waals surface area contributed by atoms with Crippen molar-refractivity contribution in [3.63, 3.8) is 0 Å². The van der Waals surface area contributed by atoms with Crippen LogP contribution in [0.25, 0.3) is 10.9 Å². The topological polar surface area (TPSA) is 65.2 Å². The van der Waals surface area contributed by atoms with Crippen LogP contribution >= 0.6 is 0 Å². The maximum atomic E-state index is 13.7. The third-order valence-corrected chi connectivity index (χ3v) is 5.35. The first-order valence-electron chi connectivity index (χ1n) is 9.51. The number of carbonyl (C=O) groups is 2. The lowest BCUT2D eigenvalue weighted by molar-refractivity contribution is -0.128. The van der Waals surface area contributed by atoms with E-state index in [0.717, 1.165) is 22.5 Å². The second-order valence-corrected chi connectivity index (χ2v) is 7.47. The molecule has 0 radical (unpaired) electrons. The van der Waals surface area contributed by atoms with Gasteiger partial charge in [0.15, 0.2) is 0 Å². The monoisotopic (exact) mass is 397 g/mol. The number of nitrogens with zero attached hydrogens (tertiary/aromatic N) is 1. The van der Waals surface area contributed by atoms with Crippen molar-refractivity contribution >= 4 is 28.4 Å². The molecule has 0 saturated carbocycles. The number of rotatable bonds is 5. The molecule has 29 heavy (non-hydrogen) atoms. The molecule has 2 N–H and O–H groups in total. The summed E-state index contributed by atoms with van der Waals surface area (Å²) in [6, 6.07) is 9.15. The molecule has 2 amide bonds. The summed E-state index contributed by atoms with van der Waals surface area (Å²) in [6.45, 7) is 2.83. The third-order valence-electron chi connectivity index (χ3n) is 5.35. The molecule has 7 heteroatoms. The first-order chi connectivity index (χ1) is 13.9. The molecule has 3 aromatic rings. The largest absolute Gasteiger partial charge is 0.361 e. The summed E-state index contributed by atoms with van der Waals surface area (Å²) in [6.07, 6.45) is 2.71. The van der Waals surface area contributed by atoms with Crippen molar-refractivity contribution in [1.29, 1.82) is 0 Å². The van der Waals surface area contributed by atoms with Crippen molar-refractivity contribution in [2.24, 2.45) is 5.92 Å². The summed E-state index contributed by atoms with van der Waals surface area (Å²) >= 11 is 0. The summed E-state index contributed by atoms with van der Waals surface area (Å²) in [5, 5.41) is 3.59. The lowest BCUT2D eigenvalue weighted by atomic mass is 10.1. The van der Waals surface area contributed by atoms with Gasteiger partial charge in [-0.1, -0.05) is 11.6 Å². The van der Waals surface area contributed by atoms with Gasteiger partial charge in [-0.15, -0.1) is 0 Å². The fraction of sp³-hybridized carbons (Fsp3) is 0.273. The van der Waals surface area contributed by atoms with E-state index in [1.807, 2.05) is 25.3 Å². The molecule has 150 valence electrons. The molecule has 0 spiro atoms. The van der Waals surface area contributed by atoms with Crippen LogP contribution in [0.2, 0.25) is 0 Å². The molecule has 5 nitrogen and oxygen atoms in total. The van der Waals surface area contributed by atoms with Gasteiger partial charge >= 0.3 is 0 Å². The van der Waals surface area contributed by atoms with Gasteiger partial charge in [0.25, 0.3) is 0 Å². The molecule has 1 aromatic heterocycles. The maximum Gasteiger partial charge on any atom is 0.229 e. The number of halogens is 2. The van der Waals surface area contributed by atoms with Crippen molar-refractivity contribution in [3.8, 4) is 0 Å². The molecule has 1 fully saturated rings. The van der Waals surface area contributed by atoms with E-state index < -0.39 is 23.5 Å². The average molecular weight is 397 g/mol. The number of carbonyl (C=O) groups excluding carboxylic acids is 2. The van der Waals surface area contributed by atoms with Gasteiger partial charge in [0, 0.05) is 42.7 Å². The average Bonchev–Trinajstić information content (AvgIpc) is 3.25. The van der Waals surface area contributed by atoms with Crippen LogP contribution in [0.15, 0.2) is 42.6 Å². The van der Waals surface area contributed by atoms with Gasteiger partial charge in [-0.2, -0.15) is 0 Å². The van der Waals surface area contributed by atoms with E-state index in [2.05, 4.69) is 16.4 Å². The number of anilines is 1. The molecule has 2 heterocycles. The van der Waals surface area contributed by atoms with Gasteiger partial charge in [0.2, 0.25) is 11.8 Å². The van der Waals surface area contributed by atoms with E-state index in [9.17, 15) is 18.4 Å². The van der Waals surface area contributed by atoms with Crippen LogP contribution in [0.3, 0.4) is 0 Å². The standard InChI is InChI=1S/C22H21F2N3O2/c1-13-2-4-19-17(8-13)14(11-25-19)6-7-27-12-15(9-21(27)28)22(29)26-20-5-3-16(23)10-18(20)24/h2-5,8,10-11,15,25H,6-7,9,12H2,1H3,(H,26,29)/t15-/m1/s1. The Bertz CT molecular complexity index is 1090. The molecule has 0 unspecified atom stereocenters. The van der Waals surface area contributed by atoms with Crippen LogP contribution < -0.4 is 5.32 Å². The Balaban J connectivity index is 1.38. The zero-order valence-electron chi connectivity index (χ0n) is 16.0. The smallest absolute Gasteiger partial charge is 0.229 e. The van der Waals surface area contributed by atoms with Crippen molar-refractivity contribution < 1.29 is 18.4 Å². The minimum Gasteiger partial charge on any atom is -0.361 e. The Morgan fingerprint density at radius 3 is 2.86 bits per heavy atom. The van der Waals surface area contributed by atoms with E-state index in [1.54, 1.807) is 4.90 Å². The van der Waals surface area contributed by atoms with Crippen molar-refractivity contribution in [3.05, 3.63) is 65.4 Å². The second-order valence-electron chi connectivity index (χ2n) is 7.47. The van der Waals surface area contributed by atoms with Gasteiger partial charge in [-0.25, -0.2) is 8.78 Å². The molecule has 1 atom stereocenters. The number of fused-ring (bicyclic) bond motifs is 1. The second kappa shape index (κ2) is 7.66. The highest BCUT2D eigenvalue weighted by molar-refractivity contribution is 5.97. The van der Waals surface area contributed by atoms with Crippen molar-refractivity contribution in [1.82, 2.24) is 9.88 Å². The van der Waals surface area contributed by atoms with E-state index in [1.165, 1.54) is 11.6 Å². The summed E-state index contributed by atoms with van der Waals surface area (Å²) in [5.41, 5.74) is 3.26. The minimum absolute atomic E-state index is 0.0850. The van der Waals surface area contributed by atoms with Crippen molar-refractivity contribution in [2.45, 2.75) is 19.8 Å². The van der Waals surface area contributed by atoms with Gasteiger partial charge in [-0.3, -0.25) is 9.59 Å². The molecule has 4 rings (SSSR count). The van der Waals surface area contributed by atoms with Crippen LogP contribution in [-0.2, 0) is 16.0 Å². The van der Waals surface area contributed by atoms with Crippen LogP contribution in [-0.4, -0.2) is 34.8 Å². The zero-order chi connectivity index (χ0) is 20.5. The molecule has 1 aliphatic heterocycles. The van der Waals surface area contributed by atoms with Crippen LogP contribution in [0.5, 0.6) is 0 Å². The molecule has 0 bridgehead atoms. The molecule has 1 aliphatic rings. The minimum atomic E-state index is -0.839. The van der Waals surface area contributed by atoms with Gasteiger partial charge in [0.1, 0.15) is 11.6 Å². The number of H-pyrrole nitrogens is 1. The Morgan fingerprint density at radius 1 is 1.24 bits per heavy atom. The predicted molar refractivity (Wildman–Crippen MR) is 106 cm³/mol. The molecular weight excluding hydrogens is 376 g/mol. The van der Waals surface area contributed by atoms with Crippen LogP contribution in [0.4, 0.5) is 14.5 Å². The highest BCUT2D eigenvalue weighted by Crippen LogP contribution is 2.24. The number of aromatic nitrogens is 1. The number of nitrogens with one attached hydrogen (secondary N) is 2. The van der Waals surface area contributed by atoms with Crippen molar-refractivity contribution in [2.75, 3.05) is 18.4 Å². The highest BCUT2D eigenvalue weighted by atomic mass is 19.1. The first-order valence-corrected chi connectivity index (χ1v) is 9.51. The fourth-order valence-corrected chi connectivity index (χ4v) is 3.74. The number of hydrogen-bond acceptors (Lipinski definition) is 2. The first kappa shape index (κ1) is 19.1. The molecular formula is C22H21F2N3O2. The summed E-state index contributed by atoms with van der Waals surface area (Å²) in [5.74, 6) is -2.64. The molecule has 2 aromatic carbocycles. The quantitative estimate of drug-likeness (QED) is 0.688. The number of likely N-dealkylation sites (tertiary alicyclic amines) is 1. The summed E-state index contributed by atoms with van der Waals surface area (Å²) in [4.78, 5) is 29.7. The highest BCUT2D eigenvalue weighted by Gasteiger charge is 2.34. The predicted octanol–water partition coefficient (Wildman–Crippen LogP) is 3.78. The number of hydrogen-bond donors (Lipinski definition) is 2. The molecule has 0 aliphatic carbocycles.